The van der Waals surface area contributed by atoms with E-state index in [4.69, 9.17) is 5.73 Å². The van der Waals surface area contributed by atoms with E-state index in [0.29, 0.717) is 24.2 Å². The lowest BCUT2D eigenvalue weighted by atomic mass is 9.97. The van der Waals surface area contributed by atoms with Crippen molar-refractivity contribution in [2.24, 2.45) is 11.1 Å². The zero-order chi connectivity index (χ0) is 19.2. The Morgan fingerprint density at radius 1 is 0.885 bits per heavy atom. The van der Waals surface area contributed by atoms with E-state index in [0.717, 1.165) is 5.56 Å². The van der Waals surface area contributed by atoms with Crippen molar-refractivity contribution in [3.63, 3.8) is 0 Å². The summed E-state index contributed by atoms with van der Waals surface area (Å²) in [5.41, 5.74) is 8.11. The molecule has 26 heavy (non-hydrogen) atoms. The second-order valence-electron chi connectivity index (χ2n) is 7.55. The molecule has 5 nitrogen and oxygen atoms in total. The van der Waals surface area contributed by atoms with E-state index in [1.54, 1.807) is 24.3 Å². The monoisotopic (exact) mass is 353 g/mol. The van der Waals surface area contributed by atoms with E-state index in [1.807, 2.05) is 30.3 Å². The lowest BCUT2D eigenvalue weighted by Crippen LogP contribution is -2.33. The highest BCUT2D eigenvalue weighted by molar-refractivity contribution is 5.97. The van der Waals surface area contributed by atoms with Gasteiger partial charge in [-0.25, -0.2) is 0 Å². The summed E-state index contributed by atoms with van der Waals surface area (Å²) in [6.07, 6.45) is 0. The summed E-state index contributed by atoms with van der Waals surface area (Å²) >= 11 is 0. The Morgan fingerprint density at radius 3 is 1.88 bits per heavy atom. The van der Waals surface area contributed by atoms with Gasteiger partial charge < -0.3 is 16.4 Å². The molecule has 2 aromatic rings. The summed E-state index contributed by atoms with van der Waals surface area (Å²) in [4.78, 5) is 24.4. The van der Waals surface area contributed by atoms with Crippen LogP contribution in [0.3, 0.4) is 0 Å². The highest BCUT2D eigenvalue weighted by Crippen LogP contribution is 2.12. The second kappa shape index (κ2) is 8.63. The van der Waals surface area contributed by atoms with Crippen molar-refractivity contribution in [2.45, 2.75) is 26.8 Å². The first-order chi connectivity index (χ1) is 12.3. The molecule has 0 aliphatic carbocycles. The predicted octanol–water partition coefficient (Wildman–Crippen LogP) is 2.89. The third kappa shape index (κ3) is 6.01. The van der Waals surface area contributed by atoms with Gasteiger partial charge in [-0.3, -0.25) is 9.59 Å². The van der Waals surface area contributed by atoms with Crippen LogP contribution < -0.4 is 16.4 Å². The molecular weight excluding hydrogens is 326 g/mol. The minimum Gasteiger partial charge on any atom is -0.352 e. The van der Waals surface area contributed by atoms with Crippen LogP contribution in [0.4, 0.5) is 0 Å². The third-order valence-electron chi connectivity index (χ3n) is 3.90. The SMILES string of the molecule is CC(C)(C)CNC(=O)c1ccc(C(=O)NCC(N)c2ccccc2)cc1. The summed E-state index contributed by atoms with van der Waals surface area (Å²) in [6.45, 7) is 7.10. The zero-order valence-electron chi connectivity index (χ0n) is 15.6. The first-order valence-corrected chi connectivity index (χ1v) is 8.73. The number of carbonyl (C=O) groups excluding carboxylic acids is 2. The van der Waals surface area contributed by atoms with Gasteiger partial charge in [0.15, 0.2) is 0 Å². The molecular formula is C21H27N3O2. The molecule has 5 heteroatoms. The maximum Gasteiger partial charge on any atom is 0.251 e. The van der Waals surface area contributed by atoms with Crippen molar-refractivity contribution >= 4 is 11.8 Å². The molecule has 0 bridgehead atoms. The quantitative estimate of drug-likeness (QED) is 0.746. The largest absolute Gasteiger partial charge is 0.352 e. The molecule has 4 N–H and O–H groups in total. The van der Waals surface area contributed by atoms with Crippen molar-refractivity contribution in [2.75, 3.05) is 13.1 Å². The Bertz CT molecular complexity index is 734. The summed E-state index contributed by atoms with van der Waals surface area (Å²) < 4.78 is 0. The number of carbonyl (C=O) groups is 2. The van der Waals surface area contributed by atoms with Crippen molar-refractivity contribution in [1.29, 1.82) is 0 Å². The molecule has 138 valence electrons. The van der Waals surface area contributed by atoms with Gasteiger partial charge in [-0.1, -0.05) is 51.1 Å². The first kappa shape index (κ1) is 19.7. The number of nitrogens with one attached hydrogen (secondary N) is 2. The highest BCUT2D eigenvalue weighted by atomic mass is 16.2. The van der Waals surface area contributed by atoms with Crippen molar-refractivity contribution in [1.82, 2.24) is 10.6 Å². The number of rotatable bonds is 6. The number of hydrogen-bond acceptors (Lipinski definition) is 3. The van der Waals surface area contributed by atoms with Gasteiger partial charge in [0.05, 0.1) is 0 Å². The second-order valence-corrected chi connectivity index (χ2v) is 7.55. The molecule has 0 spiro atoms. The van der Waals surface area contributed by atoms with E-state index in [2.05, 4.69) is 31.4 Å². The van der Waals surface area contributed by atoms with Gasteiger partial charge in [0.25, 0.3) is 11.8 Å². The molecule has 1 atom stereocenters. The van der Waals surface area contributed by atoms with E-state index in [1.165, 1.54) is 0 Å². The van der Waals surface area contributed by atoms with Gasteiger partial charge in [-0.2, -0.15) is 0 Å². The lowest BCUT2D eigenvalue weighted by molar-refractivity contribution is 0.0932. The van der Waals surface area contributed by atoms with Crippen LogP contribution in [0.5, 0.6) is 0 Å². The van der Waals surface area contributed by atoms with Gasteiger partial charge in [0.1, 0.15) is 0 Å². The van der Waals surface area contributed by atoms with Crippen LogP contribution in [-0.2, 0) is 0 Å². The molecule has 0 saturated heterocycles. The Hall–Kier alpha value is -2.66. The maximum absolute atomic E-state index is 12.3. The molecule has 0 radical (unpaired) electrons. The summed E-state index contributed by atoms with van der Waals surface area (Å²) in [5, 5.41) is 5.72. The summed E-state index contributed by atoms with van der Waals surface area (Å²) in [7, 11) is 0. The minimum atomic E-state index is -0.261. The first-order valence-electron chi connectivity index (χ1n) is 8.73. The molecule has 0 aromatic heterocycles. The van der Waals surface area contributed by atoms with E-state index < -0.39 is 0 Å². The zero-order valence-corrected chi connectivity index (χ0v) is 15.6. The average molecular weight is 353 g/mol. The van der Waals surface area contributed by atoms with Crippen molar-refractivity contribution < 1.29 is 9.59 Å². The Kier molecular flexibility index (Phi) is 6.52. The normalized spacial score (nSPS) is 12.3. The molecule has 0 aliphatic heterocycles. The molecule has 2 rings (SSSR count). The van der Waals surface area contributed by atoms with E-state index in [-0.39, 0.29) is 23.3 Å². The predicted molar refractivity (Wildman–Crippen MR) is 104 cm³/mol. The third-order valence-corrected chi connectivity index (χ3v) is 3.90. The minimum absolute atomic E-state index is 0.0208. The number of nitrogens with two attached hydrogens (primary N) is 1. The fourth-order valence-corrected chi connectivity index (χ4v) is 2.34. The number of amides is 2. The molecule has 0 aliphatic rings. The average Bonchev–Trinajstić information content (AvgIpc) is 2.64. The van der Waals surface area contributed by atoms with Crippen LogP contribution >= 0.6 is 0 Å². The smallest absolute Gasteiger partial charge is 0.251 e. The lowest BCUT2D eigenvalue weighted by Gasteiger charge is -2.18. The van der Waals surface area contributed by atoms with Gasteiger partial charge in [-0.15, -0.1) is 0 Å². The van der Waals surface area contributed by atoms with Crippen molar-refractivity contribution in [3.05, 3.63) is 71.3 Å². The van der Waals surface area contributed by atoms with Crippen molar-refractivity contribution in [3.8, 4) is 0 Å². The summed E-state index contributed by atoms with van der Waals surface area (Å²) in [5.74, 6) is -0.351. The number of hydrogen-bond donors (Lipinski definition) is 3. The fraction of sp³-hybridized carbons (Fsp3) is 0.333. The van der Waals surface area contributed by atoms with Gasteiger partial charge in [0, 0.05) is 30.3 Å². The molecule has 0 saturated carbocycles. The molecule has 2 amide bonds. The Balaban J connectivity index is 1.89. The van der Waals surface area contributed by atoms with Gasteiger partial charge in [-0.05, 0) is 35.2 Å². The van der Waals surface area contributed by atoms with Crippen LogP contribution in [0, 0.1) is 5.41 Å². The fourth-order valence-electron chi connectivity index (χ4n) is 2.34. The topological polar surface area (TPSA) is 84.2 Å². The van der Waals surface area contributed by atoms with Crippen LogP contribution in [0.15, 0.2) is 54.6 Å². The standard InChI is InChI=1S/C21H27N3O2/c1-21(2,3)14-24-20(26)17-11-9-16(10-12-17)19(25)23-13-18(22)15-7-5-4-6-8-15/h4-12,18H,13-14,22H2,1-3H3,(H,23,25)(H,24,26). The number of benzene rings is 2. The molecule has 2 aromatic carbocycles. The van der Waals surface area contributed by atoms with Crippen LogP contribution in [0.1, 0.15) is 53.1 Å². The van der Waals surface area contributed by atoms with Crippen LogP contribution in [0.25, 0.3) is 0 Å². The Morgan fingerprint density at radius 2 is 1.38 bits per heavy atom. The van der Waals surface area contributed by atoms with E-state index >= 15 is 0 Å². The van der Waals surface area contributed by atoms with Gasteiger partial charge in [0.2, 0.25) is 0 Å². The van der Waals surface area contributed by atoms with Crippen LogP contribution in [-0.4, -0.2) is 24.9 Å². The molecule has 0 heterocycles. The van der Waals surface area contributed by atoms with Crippen LogP contribution in [0.2, 0.25) is 0 Å². The Labute approximate surface area is 155 Å². The summed E-state index contributed by atoms with van der Waals surface area (Å²) in [6, 6.07) is 16.0. The van der Waals surface area contributed by atoms with Gasteiger partial charge >= 0.3 is 0 Å². The molecule has 0 fully saturated rings. The molecule has 1 unspecified atom stereocenters. The maximum atomic E-state index is 12.3. The van der Waals surface area contributed by atoms with E-state index in [9.17, 15) is 9.59 Å². The highest BCUT2D eigenvalue weighted by Gasteiger charge is 2.14.